The van der Waals surface area contributed by atoms with Crippen molar-refractivity contribution in [1.29, 1.82) is 0 Å². The van der Waals surface area contributed by atoms with Crippen LogP contribution < -0.4 is 5.73 Å². The molecular weight excluding hydrogens is 194 g/mol. The molecule has 0 bridgehead atoms. The van der Waals surface area contributed by atoms with Crippen LogP contribution in [0.25, 0.3) is 0 Å². The van der Waals surface area contributed by atoms with Crippen LogP contribution in [0.5, 0.6) is 0 Å². The molecule has 4 heteroatoms. The normalized spacial score (nSPS) is 24.8. The van der Waals surface area contributed by atoms with E-state index in [9.17, 15) is 5.11 Å². The van der Waals surface area contributed by atoms with Gasteiger partial charge >= 0.3 is 0 Å². The maximum absolute atomic E-state index is 10.5. The fourth-order valence-corrected chi connectivity index (χ4v) is 2.18. The van der Waals surface area contributed by atoms with Crippen molar-refractivity contribution in [3.05, 3.63) is 0 Å². The van der Waals surface area contributed by atoms with Crippen molar-refractivity contribution >= 4 is 0 Å². The fraction of sp³-hybridized carbons (Fsp3) is 1.00. The van der Waals surface area contributed by atoms with E-state index < -0.39 is 5.60 Å². The third-order valence-electron chi connectivity index (χ3n) is 3.57. The van der Waals surface area contributed by atoms with Crippen molar-refractivity contribution in [2.24, 2.45) is 11.1 Å². The number of aliphatic hydroxyl groups is 1. The zero-order valence-corrected chi connectivity index (χ0v) is 9.79. The van der Waals surface area contributed by atoms with Crippen molar-refractivity contribution in [3.63, 3.8) is 0 Å². The number of hydrogen-bond acceptors (Lipinski definition) is 4. The minimum atomic E-state index is -0.860. The summed E-state index contributed by atoms with van der Waals surface area (Å²) in [7, 11) is 0. The first-order valence-electron chi connectivity index (χ1n) is 5.66. The maximum atomic E-state index is 10.5. The lowest BCUT2D eigenvalue weighted by atomic mass is 9.68. The van der Waals surface area contributed by atoms with E-state index in [2.05, 4.69) is 0 Å². The Morgan fingerprint density at radius 1 is 1.47 bits per heavy atom. The zero-order valence-electron chi connectivity index (χ0n) is 9.79. The lowest BCUT2D eigenvalue weighted by Crippen LogP contribution is -2.56. The molecule has 1 aliphatic rings. The molecule has 1 rings (SSSR count). The molecule has 0 aromatic heterocycles. The minimum absolute atomic E-state index is 0.250. The van der Waals surface area contributed by atoms with Crippen LogP contribution in [0, 0.1) is 5.41 Å². The van der Waals surface area contributed by atoms with Gasteiger partial charge < -0.3 is 20.3 Å². The van der Waals surface area contributed by atoms with Gasteiger partial charge in [-0.15, -0.1) is 0 Å². The van der Waals surface area contributed by atoms with Gasteiger partial charge in [0.2, 0.25) is 0 Å². The largest absolute Gasteiger partial charge is 0.387 e. The Hall–Kier alpha value is -0.160. The molecule has 0 amide bonds. The van der Waals surface area contributed by atoms with Crippen molar-refractivity contribution in [2.45, 2.75) is 32.3 Å². The monoisotopic (exact) mass is 217 g/mol. The third kappa shape index (κ3) is 2.69. The lowest BCUT2D eigenvalue weighted by Gasteiger charge is -2.46. The van der Waals surface area contributed by atoms with Crippen molar-refractivity contribution in [1.82, 2.24) is 0 Å². The summed E-state index contributed by atoms with van der Waals surface area (Å²) in [6, 6.07) is 0. The summed E-state index contributed by atoms with van der Waals surface area (Å²) >= 11 is 0. The minimum Gasteiger partial charge on any atom is -0.387 e. The van der Waals surface area contributed by atoms with Gasteiger partial charge in [0.1, 0.15) is 0 Å². The first-order chi connectivity index (χ1) is 7.08. The Balaban J connectivity index is 2.69. The fourth-order valence-electron chi connectivity index (χ4n) is 2.18. The smallest absolute Gasteiger partial charge is 0.0921 e. The van der Waals surface area contributed by atoms with Gasteiger partial charge in [-0.25, -0.2) is 0 Å². The van der Waals surface area contributed by atoms with Crippen LogP contribution in [-0.4, -0.2) is 43.7 Å². The Morgan fingerprint density at radius 2 is 2.07 bits per heavy atom. The van der Waals surface area contributed by atoms with E-state index in [0.717, 1.165) is 12.8 Å². The van der Waals surface area contributed by atoms with Crippen LogP contribution in [0.1, 0.15) is 26.7 Å². The second-order valence-electron chi connectivity index (χ2n) is 4.51. The number of nitrogens with two attached hydrogens (primary N) is 1. The Kier molecular flexibility index (Phi) is 4.52. The highest BCUT2D eigenvalue weighted by atomic mass is 16.5. The molecule has 1 aliphatic heterocycles. The molecule has 3 N–H and O–H groups in total. The highest BCUT2D eigenvalue weighted by Crippen LogP contribution is 2.40. The Bertz CT molecular complexity index is 188. The number of hydrogen-bond donors (Lipinski definition) is 2. The average Bonchev–Trinajstić information content (AvgIpc) is 2.27. The average molecular weight is 217 g/mol. The number of ether oxygens (including phenoxy) is 2. The summed E-state index contributed by atoms with van der Waals surface area (Å²) in [6.07, 6.45) is 1.62. The van der Waals surface area contributed by atoms with Crippen LogP contribution in [0.15, 0.2) is 0 Å². The standard InChI is InChI=1S/C11H23NO3/c1-3-14-9-10(2,13)11(8-12)4-6-15-7-5-11/h13H,3-9,12H2,1-2H3. The molecule has 90 valence electrons. The summed E-state index contributed by atoms with van der Waals surface area (Å²) in [4.78, 5) is 0. The van der Waals surface area contributed by atoms with Crippen molar-refractivity contribution in [3.8, 4) is 0 Å². The van der Waals surface area contributed by atoms with Gasteiger partial charge in [-0.2, -0.15) is 0 Å². The van der Waals surface area contributed by atoms with Crippen LogP contribution in [0.2, 0.25) is 0 Å². The summed E-state index contributed by atoms with van der Waals surface area (Å²) < 4.78 is 10.7. The molecule has 0 saturated carbocycles. The van der Waals surface area contributed by atoms with E-state index in [1.165, 1.54) is 0 Å². The summed E-state index contributed by atoms with van der Waals surface area (Å²) in [5.41, 5.74) is 4.72. The Morgan fingerprint density at radius 3 is 2.53 bits per heavy atom. The van der Waals surface area contributed by atoms with Gasteiger partial charge in [0, 0.05) is 31.8 Å². The van der Waals surface area contributed by atoms with Gasteiger partial charge in [0.25, 0.3) is 0 Å². The second-order valence-corrected chi connectivity index (χ2v) is 4.51. The summed E-state index contributed by atoms with van der Waals surface area (Å²) in [5, 5.41) is 10.5. The van der Waals surface area contributed by atoms with E-state index in [1.807, 2.05) is 13.8 Å². The molecule has 0 radical (unpaired) electrons. The summed E-state index contributed by atoms with van der Waals surface area (Å²) in [5.74, 6) is 0. The van der Waals surface area contributed by atoms with E-state index in [4.69, 9.17) is 15.2 Å². The second kappa shape index (κ2) is 5.25. The molecule has 0 aliphatic carbocycles. The first-order valence-corrected chi connectivity index (χ1v) is 5.66. The molecule has 0 aromatic carbocycles. The van der Waals surface area contributed by atoms with Crippen LogP contribution in [0.3, 0.4) is 0 Å². The number of rotatable bonds is 5. The molecule has 15 heavy (non-hydrogen) atoms. The van der Waals surface area contributed by atoms with Gasteiger partial charge in [0.05, 0.1) is 12.2 Å². The predicted molar refractivity (Wildman–Crippen MR) is 58.7 cm³/mol. The molecule has 1 fully saturated rings. The molecule has 1 heterocycles. The van der Waals surface area contributed by atoms with Gasteiger partial charge in [-0.1, -0.05) is 0 Å². The molecule has 4 nitrogen and oxygen atoms in total. The van der Waals surface area contributed by atoms with Crippen LogP contribution in [0.4, 0.5) is 0 Å². The maximum Gasteiger partial charge on any atom is 0.0921 e. The predicted octanol–water partition coefficient (Wildman–Crippen LogP) is 0.529. The quantitative estimate of drug-likeness (QED) is 0.705. The molecule has 1 unspecified atom stereocenters. The molecule has 0 spiro atoms. The van der Waals surface area contributed by atoms with Gasteiger partial charge in [-0.3, -0.25) is 0 Å². The molecular formula is C11H23NO3. The third-order valence-corrected chi connectivity index (χ3v) is 3.57. The van der Waals surface area contributed by atoms with E-state index in [0.29, 0.717) is 33.0 Å². The lowest BCUT2D eigenvalue weighted by molar-refractivity contribution is -0.150. The highest BCUT2D eigenvalue weighted by molar-refractivity contribution is 4.98. The van der Waals surface area contributed by atoms with Crippen molar-refractivity contribution < 1.29 is 14.6 Å². The van der Waals surface area contributed by atoms with Gasteiger partial charge in [-0.05, 0) is 26.7 Å². The molecule has 1 atom stereocenters. The summed E-state index contributed by atoms with van der Waals surface area (Å²) in [6.45, 7) is 6.55. The highest BCUT2D eigenvalue weighted by Gasteiger charge is 2.47. The van der Waals surface area contributed by atoms with Crippen molar-refractivity contribution in [2.75, 3.05) is 33.0 Å². The molecule has 1 saturated heterocycles. The van der Waals surface area contributed by atoms with Gasteiger partial charge in [0.15, 0.2) is 0 Å². The van der Waals surface area contributed by atoms with E-state index >= 15 is 0 Å². The van der Waals surface area contributed by atoms with Crippen LogP contribution in [-0.2, 0) is 9.47 Å². The Labute approximate surface area is 91.7 Å². The van der Waals surface area contributed by atoms with E-state index in [1.54, 1.807) is 0 Å². The molecule has 0 aromatic rings. The van der Waals surface area contributed by atoms with E-state index in [-0.39, 0.29) is 5.41 Å². The first kappa shape index (κ1) is 12.9. The topological polar surface area (TPSA) is 64.7 Å². The van der Waals surface area contributed by atoms with Crippen LogP contribution >= 0.6 is 0 Å². The SMILES string of the molecule is CCOCC(C)(O)C1(CN)CCOCC1. The zero-order chi connectivity index (χ0) is 11.4.